The summed E-state index contributed by atoms with van der Waals surface area (Å²) in [5.41, 5.74) is 1.30. The van der Waals surface area contributed by atoms with Crippen molar-refractivity contribution < 1.29 is 27.9 Å². The van der Waals surface area contributed by atoms with E-state index >= 15 is 0 Å². The number of allylic oxidation sites excluding steroid dienone is 5. The molecule has 0 fully saturated rings. The van der Waals surface area contributed by atoms with Crippen LogP contribution in [0.5, 0.6) is 0 Å². The Hall–Kier alpha value is -1.60. The van der Waals surface area contributed by atoms with Gasteiger partial charge in [0.2, 0.25) is 0 Å². The molecule has 6 nitrogen and oxygen atoms in total. The van der Waals surface area contributed by atoms with E-state index in [1.807, 2.05) is 25.2 Å². The lowest BCUT2D eigenvalue weighted by molar-refractivity contribution is -0.150. The van der Waals surface area contributed by atoms with E-state index in [1.54, 1.807) is 12.2 Å². The van der Waals surface area contributed by atoms with Crippen molar-refractivity contribution >= 4 is 30.9 Å². The summed E-state index contributed by atoms with van der Waals surface area (Å²) in [6, 6.07) is 3.11. The predicted molar refractivity (Wildman–Crippen MR) is 267 cm³/mol. The molecule has 9 heteroatoms. The fraction of sp³-hybridized carbons (Fsp3) is 0.745. The van der Waals surface area contributed by atoms with E-state index < -0.39 is 43.1 Å². The van der Waals surface area contributed by atoms with E-state index in [0.717, 1.165) is 24.6 Å². The topological polar surface area (TPSA) is 74.2 Å². The van der Waals surface area contributed by atoms with E-state index in [0.29, 0.717) is 6.42 Å². The number of esters is 1. The number of carbonyl (C=O) groups is 1. The predicted octanol–water partition coefficient (Wildman–Crippen LogP) is 14.4. The van der Waals surface area contributed by atoms with Gasteiger partial charge >= 0.3 is 5.97 Å². The third-order valence-electron chi connectivity index (χ3n) is 14.4. The summed E-state index contributed by atoms with van der Waals surface area (Å²) in [5.74, 6) is -0.339. The number of hydrogen-bond donors (Lipinski definition) is 1. The van der Waals surface area contributed by atoms with Crippen molar-refractivity contribution in [3.8, 4) is 0 Å². The molecule has 0 aromatic heterocycles. The summed E-state index contributed by atoms with van der Waals surface area (Å²) in [7, 11) is -6.42. The van der Waals surface area contributed by atoms with Gasteiger partial charge in [0.1, 0.15) is 6.10 Å². The SMILES string of the molecule is C=C/C=C\[C@H](C)[C@@H]1OC(=O)/C=C\C=C\[C@@H](C)[C@@H](O)C[C@H](O[Si](CC)(CC)CC)/C=C\[C@H](C)[C@H](O[Si](C)(C)C(C)(C)C)[C@@H](C)/C=C(/C)C[C@H](C)[C@@H](O[Si](C)(C)C(C)(C)C)[C@@H]1C. The Kier molecular flexibility index (Phi) is 23.0. The highest BCUT2D eigenvalue weighted by atomic mass is 28.4. The van der Waals surface area contributed by atoms with Crippen LogP contribution < -0.4 is 0 Å². The molecule has 1 N–H and O–H groups in total. The molecule has 1 aliphatic heterocycles. The van der Waals surface area contributed by atoms with Crippen LogP contribution in [-0.2, 0) is 22.8 Å². The molecule has 0 aromatic carbocycles. The van der Waals surface area contributed by atoms with Gasteiger partial charge in [0.25, 0.3) is 0 Å². The second kappa shape index (κ2) is 24.5. The van der Waals surface area contributed by atoms with Crippen LogP contribution in [0.25, 0.3) is 0 Å². The molecule has 0 aliphatic carbocycles. The number of rotatable bonds is 12. The highest BCUT2D eigenvalue weighted by Crippen LogP contribution is 2.42. The zero-order chi connectivity index (χ0) is 46.4. The van der Waals surface area contributed by atoms with Crippen molar-refractivity contribution in [1.82, 2.24) is 0 Å². The molecule has 1 heterocycles. The van der Waals surface area contributed by atoms with Crippen molar-refractivity contribution in [2.75, 3.05) is 0 Å². The number of aliphatic hydroxyl groups is 1. The average Bonchev–Trinajstić information content (AvgIpc) is 3.14. The van der Waals surface area contributed by atoms with Gasteiger partial charge in [-0.2, -0.15) is 0 Å². The largest absolute Gasteiger partial charge is 0.458 e. The fourth-order valence-corrected chi connectivity index (χ4v) is 13.7. The summed E-state index contributed by atoms with van der Waals surface area (Å²) in [6.45, 7) is 49.3. The van der Waals surface area contributed by atoms with Crippen LogP contribution in [0.4, 0.5) is 0 Å². The number of ether oxygens (including phenoxy) is 1. The van der Waals surface area contributed by atoms with Gasteiger partial charge in [0, 0.05) is 30.3 Å². The summed E-state index contributed by atoms with van der Waals surface area (Å²) in [4.78, 5) is 13.6. The Labute approximate surface area is 374 Å². The van der Waals surface area contributed by atoms with Crippen molar-refractivity contribution in [2.45, 2.75) is 209 Å². The molecule has 0 spiro atoms. The monoisotopic (exact) mass is 887 g/mol. The minimum absolute atomic E-state index is 0.00228. The molecule has 1 aliphatic rings. The molecular formula is C51H94O6Si3. The van der Waals surface area contributed by atoms with E-state index in [2.05, 4.69) is 161 Å². The summed E-state index contributed by atoms with van der Waals surface area (Å²) < 4.78 is 28.2. The smallest absolute Gasteiger partial charge is 0.331 e. The Morgan fingerprint density at radius 1 is 0.817 bits per heavy atom. The zero-order valence-electron chi connectivity index (χ0n) is 42.4. The van der Waals surface area contributed by atoms with Crippen LogP contribution in [0.1, 0.15) is 124 Å². The molecule has 0 amide bonds. The van der Waals surface area contributed by atoms with Crippen LogP contribution in [0.2, 0.25) is 54.4 Å². The van der Waals surface area contributed by atoms with Gasteiger partial charge in [-0.05, 0) is 85.5 Å². The Bertz CT molecular complexity index is 1450. The van der Waals surface area contributed by atoms with Gasteiger partial charge in [0.05, 0.1) is 24.4 Å². The van der Waals surface area contributed by atoms with Crippen LogP contribution in [0.15, 0.2) is 72.9 Å². The minimum Gasteiger partial charge on any atom is -0.458 e. The Morgan fingerprint density at radius 3 is 1.85 bits per heavy atom. The molecule has 60 heavy (non-hydrogen) atoms. The standard InChI is InChI=1S/C51H94O6Si3/c1-22-26-29-39(7)48-43(11)49(57-59(20,21)51(15,16)17)42(10)35-37(5)34-41(9)47(56-58(18,19)50(12,13)14)40(8)32-33-44(55-60(23-2,24-3)25-4)36-45(52)38(6)30-27-28-31-46(53)54-48/h22,26-34,38-45,47-49,52H,1,23-25,35-36H2,2-21H3/b29-26-,30-27+,31-28-,33-32-,37-34-/t38-,39+,40+,41+,42+,43-,44-,45+,47+,48+,49-/m1/s1. The summed E-state index contributed by atoms with van der Waals surface area (Å²) >= 11 is 0. The molecular weight excluding hydrogens is 793 g/mol. The second-order valence-electron chi connectivity index (χ2n) is 21.5. The molecule has 0 saturated carbocycles. The molecule has 1 rings (SSSR count). The lowest BCUT2D eigenvalue weighted by Gasteiger charge is -2.45. The van der Waals surface area contributed by atoms with E-state index in [9.17, 15) is 9.90 Å². The van der Waals surface area contributed by atoms with Crippen LogP contribution >= 0.6 is 0 Å². The average molecular weight is 888 g/mol. The third kappa shape index (κ3) is 17.2. The highest BCUT2D eigenvalue weighted by molar-refractivity contribution is 6.74. The molecule has 0 saturated heterocycles. The van der Waals surface area contributed by atoms with Crippen molar-refractivity contribution in [2.24, 2.45) is 35.5 Å². The van der Waals surface area contributed by atoms with Gasteiger partial charge in [0.15, 0.2) is 25.0 Å². The van der Waals surface area contributed by atoms with Crippen LogP contribution in [-0.4, -0.2) is 66.5 Å². The highest BCUT2D eigenvalue weighted by Gasteiger charge is 2.45. The first-order valence-corrected chi connectivity index (χ1v) is 31.8. The molecule has 0 aromatic rings. The van der Waals surface area contributed by atoms with E-state index in [1.165, 1.54) is 11.6 Å². The van der Waals surface area contributed by atoms with E-state index in [4.69, 9.17) is 18.0 Å². The van der Waals surface area contributed by atoms with Gasteiger partial charge < -0.3 is 23.1 Å². The summed E-state index contributed by atoms with van der Waals surface area (Å²) in [5, 5.41) is 11.7. The lowest BCUT2D eigenvalue weighted by Crippen LogP contribution is -2.50. The molecule has 0 radical (unpaired) electrons. The first-order valence-electron chi connectivity index (χ1n) is 23.4. The number of cyclic esters (lactones) is 1. The van der Waals surface area contributed by atoms with E-state index in [-0.39, 0.29) is 63.9 Å². The Balaban J connectivity index is 4.09. The normalized spacial score (nSPS) is 32.5. The Morgan fingerprint density at radius 2 is 1.35 bits per heavy atom. The van der Waals surface area contributed by atoms with Crippen molar-refractivity contribution in [1.29, 1.82) is 0 Å². The van der Waals surface area contributed by atoms with Crippen LogP contribution in [0, 0.1) is 35.5 Å². The number of hydrogen-bond acceptors (Lipinski definition) is 6. The number of carbonyl (C=O) groups excluding carboxylic acids is 1. The zero-order valence-corrected chi connectivity index (χ0v) is 45.4. The summed E-state index contributed by atoms with van der Waals surface area (Å²) in [6.07, 6.45) is 19.6. The number of aliphatic hydroxyl groups excluding tert-OH is 1. The van der Waals surface area contributed by atoms with Crippen molar-refractivity contribution in [3.63, 3.8) is 0 Å². The lowest BCUT2D eigenvalue weighted by atomic mass is 9.81. The van der Waals surface area contributed by atoms with Crippen LogP contribution in [0.3, 0.4) is 0 Å². The molecule has 0 bridgehead atoms. The van der Waals surface area contributed by atoms with Gasteiger partial charge in [-0.25, -0.2) is 4.79 Å². The third-order valence-corrected chi connectivity index (χ3v) is 28.0. The maximum Gasteiger partial charge on any atom is 0.331 e. The maximum absolute atomic E-state index is 13.6. The quantitative estimate of drug-likeness (QED) is 0.0911. The molecule has 11 atom stereocenters. The van der Waals surface area contributed by atoms with Gasteiger partial charge in [-0.15, -0.1) is 0 Å². The first-order chi connectivity index (χ1) is 27.5. The molecule has 346 valence electrons. The fourth-order valence-electron chi connectivity index (χ4n) is 7.97. The van der Waals surface area contributed by atoms with Crippen molar-refractivity contribution in [3.05, 3.63) is 72.9 Å². The minimum atomic E-state index is -2.25. The van der Waals surface area contributed by atoms with Gasteiger partial charge in [-0.1, -0.05) is 171 Å². The van der Waals surface area contributed by atoms with Gasteiger partial charge in [-0.3, -0.25) is 0 Å². The second-order valence-corrected chi connectivity index (χ2v) is 35.8. The first kappa shape index (κ1) is 56.4. The maximum atomic E-state index is 13.6. The molecule has 0 unspecified atom stereocenters.